The lowest BCUT2D eigenvalue weighted by Gasteiger charge is -2.04. The standard InChI is InChI=1S/C12H10ClN3O/c13-8-1-3-10(4-2-8)16-12(17)11-7-9(14)5-6-15-11/h1-7H,(H2,14,15)(H,16,17). The minimum atomic E-state index is -0.306. The third-order valence-electron chi connectivity index (χ3n) is 2.12. The smallest absolute Gasteiger partial charge is 0.274 e. The molecule has 3 N–H and O–H groups in total. The number of nitrogen functional groups attached to an aromatic ring is 1. The van der Waals surface area contributed by atoms with E-state index in [1.54, 1.807) is 30.3 Å². The van der Waals surface area contributed by atoms with Crippen LogP contribution in [0.5, 0.6) is 0 Å². The van der Waals surface area contributed by atoms with E-state index in [4.69, 9.17) is 17.3 Å². The first-order valence-corrected chi connectivity index (χ1v) is 5.31. The maximum absolute atomic E-state index is 11.8. The Morgan fingerprint density at radius 1 is 1.24 bits per heavy atom. The van der Waals surface area contributed by atoms with Gasteiger partial charge in [-0.15, -0.1) is 0 Å². The predicted molar refractivity (Wildman–Crippen MR) is 68.1 cm³/mol. The highest BCUT2D eigenvalue weighted by Crippen LogP contribution is 2.14. The van der Waals surface area contributed by atoms with E-state index in [1.807, 2.05) is 0 Å². The summed E-state index contributed by atoms with van der Waals surface area (Å²) in [6.07, 6.45) is 1.49. The monoisotopic (exact) mass is 247 g/mol. The second kappa shape index (κ2) is 4.84. The maximum Gasteiger partial charge on any atom is 0.274 e. The molecule has 86 valence electrons. The van der Waals surface area contributed by atoms with Gasteiger partial charge in [0.05, 0.1) is 0 Å². The van der Waals surface area contributed by atoms with Gasteiger partial charge in [-0.1, -0.05) is 11.6 Å². The molecule has 0 bridgehead atoms. The Morgan fingerprint density at radius 2 is 1.94 bits per heavy atom. The first kappa shape index (κ1) is 11.4. The first-order valence-electron chi connectivity index (χ1n) is 4.93. The molecule has 17 heavy (non-hydrogen) atoms. The van der Waals surface area contributed by atoms with Crippen molar-refractivity contribution in [3.8, 4) is 0 Å². The van der Waals surface area contributed by atoms with Gasteiger partial charge in [0.15, 0.2) is 0 Å². The molecule has 1 amide bonds. The van der Waals surface area contributed by atoms with Crippen molar-refractivity contribution in [2.75, 3.05) is 11.1 Å². The largest absolute Gasteiger partial charge is 0.399 e. The van der Waals surface area contributed by atoms with Gasteiger partial charge in [0.1, 0.15) is 5.69 Å². The molecular formula is C12H10ClN3O. The predicted octanol–water partition coefficient (Wildman–Crippen LogP) is 2.57. The van der Waals surface area contributed by atoms with Crippen LogP contribution in [0.3, 0.4) is 0 Å². The van der Waals surface area contributed by atoms with E-state index in [2.05, 4.69) is 10.3 Å². The first-order chi connectivity index (χ1) is 8.15. The summed E-state index contributed by atoms with van der Waals surface area (Å²) in [5, 5.41) is 3.31. The molecule has 1 aromatic heterocycles. The van der Waals surface area contributed by atoms with Crippen LogP contribution in [0.4, 0.5) is 11.4 Å². The Balaban J connectivity index is 2.14. The minimum Gasteiger partial charge on any atom is -0.399 e. The zero-order valence-electron chi connectivity index (χ0n) is 8.85. The zero-order chi connectivity index (χ0) is 12.3. The van der Waals surface area contributed by atoms with E-state index < -0.39 is 0 Å². The van der Waals surface area contributed by atoms with Crippen molar-refractivity contribution >= 4 is 28.9 Å². The molecule has 0 radical (unpaired) electrons. The summed E-state index contributed by atoms with van der Waals surface area (Å²) < 4.78 is 0. The second-order valence-corrected chi connectivity index (χ2v) is 3.87. The molecule has 0 unspecified atom stereocenters. The van der Waals surface area contributed by atoms with Gasteiger partial charge in [-0.05, 0) is 36.4 Å². The van der Waals surface area contributed by atoms with Gasteiger partial charge in [0.25, 0.3) is 5.91 Å². The summed E-state index contributed by atoms with van der Waals surface area (Å²) in [6.45, 7) is 0. The number of hydrogen-bond acceptors (Lipinski definition) is 3. The van der Waals surface area contributed by atoms with E-state index >= 15 is 0 Å². The van der Waals surface area contributed by atoms with Crippen LogP contribution in [0.1, 0.15) is 10.5 Å². The summed E-state index contributed by atoms with van der Waals surface area (Å²) in [7, 11) is 0. The minimum absolute atomic E-state index is 0.278. The molecule has 0 aliphatic rings. The highest BCUT2D eigenvalue weighted by atomic mass is 35.5. The summed E-state index contributed by atoms with van der Waals surface area (Å²) in [5.74, 6) is -0.306. The van der Waals surface area contributed by atoms with Crippen molar-refractivity contribution in [3.05, 3.63) is 53.3 Å². The molecule has 0 saturated heterocycles. The summed E-state index contributed by atoms with van der Waals surface area (Å²) in [4.78, 5) is 15.7. The van der Waals surface area contributed by atoms with Crippen LogP contribution in [0.2, 0.25) is 5.02 Å². The van der Waals surface area contributed by atoms with E-state index in [0.717, 1.165) is 0 Å². The molecule has 0 atom stereocenters. The fourth-order valence-electron chi connectivity index (χ4n) is 1.30. The molecule has 0 saturated carbocycles. The van der Waals surface area contributed by atoms with Crippen LogP contribution in [-0.4, -0.2) is 10.9 Å². The number of aromatic nitrogens is 1. The third-order valence-corrected chi connectivity index (χ3v) is 2.37. The Morgan fingerprint density at radius 3 is 2.59 bits per heavy atom. The molecule has 1 heterocycles. The van der Waals surface area contributed by atoms with Crippen LogP contribution in [0.25, 0.3) is 0 Å². The molecule has 2 aromatic rings. The van der Waals surface area contributed by atoms with Crippen LogP contribution in [-0.2, 0) is 0 Å². The SMILES string of the molecule is Nc1ccnc(C(=O)Nc2ccc(Cl)cc2)c1. The number of carbonyl (C=O) groups excluding carboxylic acids is 1. The van der Waals surface area contributed by atoms with Gasteiger partial charge in [-0.3, -0.25) is 9.78 Å². The number of nitrogens with zero attached hydrogens (tertiary/aromatic N) is 1. The number of anilines is 2. The van der Waals surface area contributed by atoms with Crippen molar-refractivity contribution in [1.82, 2.24) is 4.98 Å². The fourth-order valence-corrected chi connectivity index (χ4v) is 1.43. The molecule has 5 heteroatoms. The number of benzene rings is 1. The number of nitrogens with two attached hydrogens (primary N) is 1. The highest BCUT2D eigenvalue weighted by Gasteiger charge is 2.07. The van der Waals surface area contributed by atoms with Crippen LogP contribution in [0.15, 0.2) is 42.6 Å². The van der Waals surface area contributed by atoms with Crippen LogP contribution < -0.4 is 11.1 Å². The number of nitrogens with one attached hydrogen (secondary N) is 1. The van der Waals surface area contributed by atoms with E-state index in [-0.39, 0.29) is 11.6 Å². The molecule has 0 fully saturated rings. The molecule has 0 aliphatic carbocycles. The quantitative estimate of drug-likeness (QED) is 0.857. The molecule has 0 aliphatic heterocycles. The number of carbonyl (C=O) groups is 1. The highest BCUT2D eigenvalue weighted by molar-refractivity contribution is 6.30. The third kappa shape index (κ3) is 2.95. The van der Waals surface area contributed by atoms with Crippen molar-refractivity contribution in [1.29, 1.82) is 0 Å². The summed E-state index contributed by atoms with van der Waals surface area (Å²) in [6, 6.07) is 9.97. The molecule has 4 nitrogen and oxygen atoms in total. The average molecular weight is 248 g/mol. The van der Waals surface area contributed by atoms with Crippen molar-refractivity contribution in [2.45, 2.75) is 0 Å². The lowest BCUT2D eigenvalue weighted by atomic mass is 10.3. The molecule has 1 aromatic carbocycles. The van der Waals surface area contributed by atoms with Crippen molar-refractivity contribution in [3.63, 3.8) is 0 Å². The topological polar surface area (TPSA) is 68.0 Å². The second-order valence-electron chi connectivity index (χ2n) is 3.44. The van der Waals surface area contributed by atoms with Crippen LogP contribution in [0, 0.1) is 0 Å². The number of halogens is 1. The van der Waals surface area contributed by atoms with Gasteiger partial charge in [-0.25, -0.2) is 0 Å². The lowest BCUT2D eigenvalue weighted by Crippen LogP contribution is -2.13. The van der Waals surface area contributed by atoms with E-state index in [9.17, 15) is 4.79 Å². The van der Waals surface area contributed by atoms with E-state index in [1.165, 1.54) is 12.3 Å². The Labute approximate surface area is 103 Å². The van der Waals surface area contributed by atoms with Gasteiger partial charge >= 0.3 is 0 Å². The number of hydrogen-bond donors (Lipinski definition) is 2. The fraction of sp³-hybridized carbons (Fsp3) is 0. The Hall–Kier alpha value is -2.07. The molecular weight excluding hydrogens is 238 g/mol. The van der Waals surface area contributed by atoms with Gasteiger partial charge in [0, 0.05) is 22.6 Å². The summed E-state index contributed by atoms with van der Waals surface area (Å²) in [5.41, 5.74) is 7.01. The maximum atomic E-state index is 11.8. The van der Waals surface area contributed by atoms with Gasteiger partial charge in [-0.2, -0.15) is 0 Å². The lowest BCUT2D eigenvalue weighted by molar-refractivity contribution is 0.102. The molecule has 0 spiro atoms. The number of rotatable bonds is 2. The van der Waals surface area contributed by atoms with Crippen molar-refractivity contribution in [2.24, 2.45) is 0 Å². The number of amides is 1. The number of pyridine rings is 1. The van der Waals surface area contributed by atoms with Gasteiger partial charge in [0.2, 0.25) is 0 Å². The van der Waals surface area contributed by atoms with Gasteiger partial charge < -0.3 is 11.1 Å². The van der Waals surface area contributed by atoms with E-state index in [0.29, 0.717) is 16.4 Å². The van der Waals surface area contributed by atoms with Crippen LogP contribution >= 0.6 is 11.6 Å². The molecule has 2 rings (SSSR count). The average Bonchev–Trinajstić information content (AvgIpc) is 2.32. The van der Waals surface area contributed by atoms with Crippen molar-refractivity contribution < 1.29 is 4.79 Å². The Bertz CT molecular complexity index is 540. The Kier molecular flexibility index (Phi) is 3.25. The zero-order valence-corrected chi connectivity index (χ0v) is 9.61. The summed E-state index contributed by atoms with van der Waals surface area (Å²) >= 11 is 5.74. The normalized spacial score (nSPS) is 9.94.